The summed E-state index contributed by atoms with van der Waals surface area (Å²) >= 11 is 5.27. The van der Waals surface area contributed by atoms with Crippen molar-refractivity contribution >= 4 is 51.3 Å². The van der Waals surface area contributed by atoms with Gasteiger partial charge >= 0.3 is 0 Å². The molecule has 7 nitrogen and oxygen atoms in total. The molecule has 8 heteroatoms. The van der Waals surface area contributed by atoms with Crippen LogP contribution in [0.4, 0.5) is 17.1 Å². The lowest BCUT2D eigenvalue weighted by molar-refractivity contribution is -0.115. The molecule has 0 unspecified atom stereocenters. The number of anilines is 3. The van der Waals surface area contributed by atoms with Gasteiger partial charge in [0.1, 0.15) is 11.3 Å². The molecule has 1 amide bonds. The summed E-state index contributed by atoms with van der Waals surface area (Å²) in [4.78, 5) is 12.1. The second-order valence-electron chi connectivity index (χ2n) is 6.55. The van der Waals surface area contributed by atoms with Crippen molar-refractivity contribution < 1.29 is 9.21 Å². The van der Waals surface area contributed by atoms with E-state index >= 15 is 0 Å². The number of hydrogen-bond donors (Lipinski definition) is 4. The van der Waals surface area contributed by atoms with Gasteiger partial charge in [-0.2, -0.15) is 0 Å². The first-order chi connectivity index (χ1) is 13.4. The van der Waals surface area contributed by atoms with Crippen molar-refractivity contribution in [3.05, 3.63) is 54.3 Å². The highest BCUT2D eigenvalue weighted by Crippen LogP contribution is 2.22. The highest BCUT2D eigenvalue weighted by molar-refractivity contribution is 7.80. The zero-order valence-electron chi connectivity index (χ0n) is 16.0. The van der Waals surface area contributed by atoms with Crippen molar-refractivity contribution in [2.75, 3.05) is 36.7 Å². The van der Waals surface area contributed by atoms with Gasteiger partial charge in [0.05, 0.1) is 6.54 Å². The van der Waals surface area contributed by atoms with Gasteiger partial charge in [-0.25, -0.2) is 5.01 Å². The van der Waals surface area contributed by atoms with Crippen LogP contribution in [-0.4, -0.2) is 36.7 Å². The molecule has 0 radical (unpaired) electrons. The van der Waals surface area contributed by atoms with Crippen LogP contribution < -0.4 is 21.4 Å². The number of fused-ring (bicyclic) bond motifs is 1. The fourth-order valence-corrected chi connectivity index (χ4v) is 2.87. The third-order valence-corrected chi connectivity index (χ3v) is 4.07. The van der Waals surface area contributed by atoms with Gasteiger partial charge in [-0.1, -0.05) is 0 Å². The Labute approximate surface area is 169 Å². The quantitative estimate of drug-likeness (QED) is 0.374. The summed E-state index contributed by atoms with van der Waals surface area (Å²) < 4.78 is 5.55. The van der Waals surface area contributed by atoms with E-state index in [-0.39, 0.29) is 12.5 Å². The maximum atomic E-state index is 12.1. The van der Waals surface area contributed by atoms with Crippen molar-refractivity contribution in [3.8, 4) is 0 Å². The van der Waals surface area contributed by atoms with E-state index in [9.17, 15) is 4.79 Å². The molecule has 4 N–H and O–H groups in total. The largest absolute Gasteiger partial charge is 0.461 e. The van der Waals surface area contributed by atoms with Crippen molar-refractivity contribution in [2.45, 2.75) is 6.92 Å². The number of carbonyl (C=O) groups excluding carboxylic acids is 1. The van der Waals surface area contributed by atoms with Gasteiger partial charge in [0, 0.05) is 36.5 Å². The van der Waals surface area contributed by atoms with Crippen LogP contribution >= 0.6 is 12.2 Å². The lowest BCUT2D eigenvalue weighted by Gasteiger charge is -2.14. The second-order valence-corrected chi connectivity index (χ2v) is 6.96. The summed E-state index contributed by atoms with van der Waals surface area (Å²) in [6.45, 7) is 1.97. The van der Waals surface area contributed by atoms with Crippen LogP contribution in [0.5, 0.6) is 0 Å². The minimum Gasteiger partial charge on any atom is -0.461 e. The molecule has 3 rings (SSSR count). The first kappa shape index (κ1) is 19.7. The number of amides is 1. The average molecular weight is 398 g/mol. The van der Waals surface area contributed by atoms with Gasteiger partial charge in [-0.05, 0) is 67.7 Å². The van der Waals surface area contributed by atoms with E-state index in [0.29, 0.717) is 5.11 Å². The number of aryl methyl sites for hydroxylation is 1. The number of carbonyl (C=O) groups is 1. The lowest BCUT2D eigenvalue weighted by atomic mass is 10.2. The Hall–Kier alpha value is -3.10. The molecule has 0 spiro atoms. The SMILES string of the molecule is Cc1cc2cc(NC(=S)NCC(=O)Nc3ccc(NN(C)C)cc3)ccc2o1. The molecule has 28 heavy (non-hydrogen) atoms. The number of rotatable bonds is 6. The highest BCUT2D eigenvalue weighted by Gasteiger charge is 2.06. The van der Waals surface area contributed by atoms with Gasteiger partial charge in [-0.3, -0.25) is 4.79 Å². The smallest absolute Gasteiger partial charge is 0.243 e. The normalized spacial score (nSPS) is 10.7. The summed E-state index contributed by atoms with van der Waals surface area (Å²) in [6.07, 6.45) is 0. The third-order valence-electron chi connectivity index (χ3n) is 3.83. The molecule has 1 heterocycles. The average Bonchev–Trinajstić information content (AvgIpc) is 3.00. The highest BCUT2D eigenvalue weighted by atomic mass is 32.1. The zero-order chi connectivity index (χ0) is 20.1. The molecule has 0 aliphatic rings. The maximum Gasteiger partial charge on any atom is 0.243 e. The Bertz CT molecular complexity index is 982. The predicted octanol–water partition coefficient (Wildman–Crippen LogP) is 3.55. The van der Waals surface area contributed by atoms with Crippen molar-refractivity contribution in [1.82, 2.24) is 10.3 Å². The molecular formula is C20H23N5O2S. The van der Waals surface area contributed by atoms with Crippen LogP contribution in [0.25, 0.3) is 11.0 Å². The molecule has 0 aliphatic heterocycles. The van der Waals surface area contributed by atoms with E-state index in [2.05, 4.69) is 21.4 Å². The van der Waals surface area contributed by atoms with Gasteiger partial charge in [0.25, 0.3) is 0 Å². The molecule has 0 fully saturated rings. The number of hydrazine groups is 1. The zero-order valence-corrected chi connectivity index (χ0v) is 16.8. The van der Waals surface area contributed by atoms with Crippen LogP contribution in [0.15, 0.2) is 52.9 Å². The molecule has 0 bridgehead atoms. The van der Waals surface area contributed by atoms with E-state index in [0.717, 1.165) is 33.8 Å². The standard InChI is InChI=1S/C20H23N5O2S/c1-13-10-14-11-17(8-9-18(14)27-13)23-20(28)21-12-19(26)22-15-4-6-16(7-5-15)24-25(2)3/h4-11,24H,12H2,1-3H3,(H,22,26)(H2,21,23,28). The second kappa shape index (κ2) is 8.73. The van der Waals surface area contributed by atoms with E-state index in [1.165, 1.54) is 0 Å². The van der Waals surface area contributed by atoms with Gasteiger partial charge in [0.15, 0.2) is 5.11 Å². The van der Waals surface area contributed by atoms with Gasteiger partial charge in [-0.15, -0.1) is 0 Å². The Morgan fingerprint density at radius 2 is 1.68 bits per heavy atom. The summed E-state index contributed by atoms with van der Waals surface area (Å²) in [7, 11) is 3.82. The lowest BCUT2D eigenvalue weighted by Crippen LogP contribution is -2.35. The molecule has 2 aromatic carbocycles. The Balaban J connectivity index is 1.47. The molecular weight excluding hydrogens is 374 g/mol. The maximum absolute atomic E-state index is 12.1. The minimum absolute atomic E-state index is 0.0661. The summed E-state index contributed by atoms with van der Waals surface area (Å²) in [5.41, 5.74) is 6.45. The first-order valence-electron chi connectivity index (χ1n) is 8.78. The molecule has 1 aromatic heterocycles. The van der Waals surface area contributed by atoms with Crippen LogP contribution in [0.3, 0.4) is 0 Å². The Morgan fingerprint density at radius 3 is 2.39 bits per heavy atom. The van der Waals surface area contributed by atoms with Crippen molar-refractivity contribution in [2.24, 2.45) is 0 Å². The molecule has 0 saturated heterocycles. The van der Waals surface area contributed by atoms with E-state index in [1.807, 2.05) is 74.6 Å². The van der Waals surface area contributed by atoms with Crippen molar-refractivity contribution in [1.29, 1.82) is 0 Å². The number of nitrogens with one attached hydrogen (secondary N) is 4. The summed E-state index contributed by atoms with van der Waals surface area (Å²) in [6, 6.07) is 15.1. The molecule has 3 aromatic rings. The summed E-state index contributed by atoms with van der Waals surface area (Å²) in [5.74, 6) is 0.674. The number of nitrogens with zero attached hydrogens (tertiary/aromatic N) is 1. The van der Waals surface area contributed by atoms with E-state index < -0.39 is 0 Å². The van der Waals surface area contributed by atoms with Gasteiger partial charge in [0.2, 0.25) is 5.91 Å². The van der Waals surface area contributed by atoms with E-state index in [4.69, 9.17) is 16.6 Å². The Kier molecular flexibility index (Phi) is 6.13. The third kappa shape index (κ3) is 5.45. The van der Waals surface area contributed by atoms with Crippen LogP contribution in [0.2, 0.25) is 0 Å². The molecule has 0 atom stereocenters. The monoisotopic (exact) mass is 397 g/mol. The number of furan rings is 1. The number of hydrogen-bond acceptors (Lipinski definition) is 5. The fourth-order valence-electron chi connectivity index (χ4n) is 2.68. The molecule has 0 aliphatic carbocycles. The number of benzene rings is 2. The van der Waals surface area contributed by atoms with Gasteiger partial charge < -0.3 is 25.8 Å². The first-order valence-corrected chi connectivity index (χ1v) is 9.19. The minimum atomic E-state index is -0.182. The molecule has 0 saturated carbocycles. The van der Waals surface area contributed by atoms with Crippen LogP contribution in [-0.2, 0) is 4.79 Å². The molecule has 146 valence electrons. The Morgan fingerprint density at radius 1 is 1.00 bits per heavy atom. The predicted molar refractivity (Wildman–Crippen MR) is 118 cm³/mol. The topological polar surface area (TPSA) is 81.6 Å². The fraction of sp³-hybridized carbons (Fsp3) is 0.200. The summed E-state index contributed by atoms with van der Waals surface area (Å²) in [5, 5.41) is 12.0. The van der Waals surface area contributed by atoms with Crippen molar-refractivity contribution in [3.63, 3.8) is 0 Å². The van der Waals surface area contributed by atoms with E-state index in [1.54, 1.807) is 0 Å². The van der Waals surface area contributed by atoms with Crippen LogP contribution in [0, 0.1) is 6.92 Å². The van der Waals surface area contributed by atoms with Crippen LogP contribution in [0.1, 0.15) is 5.76 Å². The number of thiocarbonyl (C=S) groups is 1.